The van der Waals surface area contributed by atoms with Crippen molar-refractivity contribution in [3.8, 4) is 5.75 Å². The van der Waals surface area contributed by atoms with Gasteiger partial charge in [-0.2, -0.15) is 0 Å². The average Bonchev–Trinajstić information content (AvgIpc) is 3.14. The summed E-state index contributed by atoms with van der Waals surface area (Å²) in [5.41, 5.74) is 2.53. The summed E-state index contributed by atoms with van der Waals surface area (Å²) in [6.07, 6.45) is 2.16. The van der Waals surface area contributed by atoms with E-state index in [4.69, 9.17) is 4.74 Å². The second kappa shape index (κ2) is 4.93. The quantitative estimate of drug-likeness (QED) is 0.523. The molecule has 2 nitrogen and oxygen atoms in total. The van der Waals surface area contributed by atoms with Crippen molar-refractivity contribution in [1.82, 2.24) is 4.57 Å². The largest absolute Gasteiger partial charge is 0.495 e. The van der Waals surface area contributed by atoms with Crippen LogP contribution in [0.2, 0.25) is 0 Å². The summed E-state index contributed by atoms with van der Waals surface area (Å²) in [5.74, 6) is 0.959. The van der Waals surface area contributed by atoms with Crippen LogP contribution in [0.4, 0.5) is 0 Å². The van der Waals surface area contributed by atoms with Crippen molar-refractivity contribution >= 4 is 32.3 Å². The Morgan fingerprint density at radius 2 is 1.90 bits per heavy atom. The Bertz CT molecular complexity index is 905. The van der Waals surface area contributed by atoms with Crippen LogP contribution in [0.3, 0.4) is 0 Å². The zero-order chi connectivity index (χ0) is 14.2. The fourth-order valence-corrected chi connectivity index (χ4v) is 3.75. The molecule has 21 heavy (non-hydrogen) atoms. The number of nitrogens with zero attached hydrogens (tertiary/aromatic N) is 1. The Balaban J connectivity index is 1.91. The molecule has 0 aliphatic carbocycles. The smallest absolute Gasteiger partial charge is 0.138 e. The van der Waals surface area contributed by atoms with Gasteiger partial charge in [0.15, 0.2) is 0 Å². The van der Waals surface area contributed by atoms with E-state index in [-0.39, 0.29) is 0 Å². The zero-order valence-corrected chi connectivity index (χ0v) is 12.6. The first-order valence-electron chi connectivity index (χ1n) is 6.94. The van der Waals surface area contributed by atoms with Gasteiger partial charge >= 0.3 is 0 Å². The van der Waals surface area contributed by atoms with Crippen LogP contribution in [-0.4, -0.2) is 11.7 Å². The van der Waals surface area contributed by atoms with Gasteiger partial charge in [0.25, 0.3) is 0 Å². The molecule has 4 aromatic rings. The molecular weight excluding hydrogens is 278 g/mol. The highest BCUT2D eigenvalue weighted by molar-refractivity contribution is 7.17. The minimum atomic E-state index is 0.878. The van der Waals surface area contributed by atoms with Crippen LogP contribution in [0.15, 0.2) is 60.1 Å². The van der Waals surface area contributed by atoms with Crippen LogP contribution >= 0.6 is 11.3 Å². The first kappa shape index (κ1) is 12.5. The SMILES string of the molecule is COc1cc2c(ccn2Cc2ccccc2)c2ccsc12. The molecule has 4 rings (SSSR count). The molecule has 0 saturated heterocycles. The monoisotopic (exact) mass is 293 g/mol. The van der Waals surface area contributed by atoms with Gasteiger partial charge in [-0.25, -0.2) is 0 Å². The highest BCUT2D eigenvalue weighted by atomic mass is 32.1. The lowest BCUT2D eigenvalue weighted by atomic mass is 10.1. The molecule has 0 aliphatic rings. The fraction of sp³-hybridized carbons (Fsp3) is 0.111. The van der Waals surface area contributed by atoms with Crippen LogP contribution in [0, 0.1) is 0 Å². The van der Waals surface area contributed by atoms with Gasteiger partial charge in [0, 0.05) is 29.6 Å². The Morgan fingerprint density at radius 1 is 1.05 bits per heavy atom. The number of methoxy groups -OCH3 is 1. The molecule has 104 valence electrons. The van der Waals surface area contributed by atoms with E-state index in [2.05, 4.69) is 64.7 Å². The standard InChI is InChI=1S/C18H15NOS/c1-20-17-11-16-14(15-8-10-21-18(15)17)7-9-19(16)12-13-5-3-2-4-6-13/h2-11H,12H2,1H3. The maximum absolute atomic E-state index is 5.57. The van der Waals surface area contributed by atoms with E-state index in [0.29, 0.717) is 0 Å². The van der Waals surface area contributed by atoms with Crippen LogP contribution in [0.25, 0.3) is 21.0 Å². The van der Waals surface area contributed by atoms with E-state index in [1.54, 1.807) is 18.4 Å². The van der Waals surface area contributed by atoms with Crippen molar-refractivity contribution in [2.75, 3.05) is 7.11 Å². The third kappa shape index (κ3) is 2.01. The van der Waals surface area contributed by atoms with Crippen LogP contribution in [0.1, 0.15) is 5.56 Å². The summed E-state index contributed by atoms with van der Waals surface area (Å²) in [7, 11) is 1.74. The number of benzene rings is 2. The highest BCUT2D eigenvalue weighted by Gasteiger charge is 2.11. The molecule has 0 amide bonds. The number of ether oxygens (including phenoxy) is 1. The molecule has 0 spiro atoms. The lowest BCUT2D eigenvalue weighted by Crippen LogP contribution is -1.97. The van der Waals surface area contributed by atoms with Crippen molar-refractivity contribution in [3.63, 3.8) is 0 Å². The summed E-state index contributed by atoms with van der Waals surface area (Å²) in [6, 6.07) is 17.1. The summed E-state index contributed by atoms with van der Waals surface area (Å²) in [4.78, 5) is 0. The van der Waals surface area contributed by atoms with Crippen LogP contribution < -0.4 is 4.74 Å². The predicted molar refractivity (Wildman–Crippen MR) is 89.4 cm³/mol. The van der Waals surface area contributed by atoms with Crippen molar-refractivity contribution in [1.29, 1.82) is 0 Å². The average molecular weight is 293 g/mol. The molecule has 0 bridgehead atoms. The normalized spacial score (nSPS) is 11.3. The lowest BCUT2D eigenvalue weighted by Gasteiger charge is -2.08. The molecule has 0 unspecified atom stereocenters. The second-order valence-corrected chi connectivity index (χ2v) is 6.02. The van der Waals surface area contributed by atoms with E-state index in [1.165, 1.54) is 26.6 Å². The minimum Gasteiger partial charge on any atom is -0.495 e. The van der Waals surface area contributed by atoms with E-state index in [0.717, 1.165) is 12.3 Å². The van der Waals surface area contributed by atoms with E-state index >= 15 is 0 Å². The number of thiophene rings is 1. The molecule has 2 heterocycles. The summed E-state index contributed by atoms with van der Waals surface area (Å²) in [5, 5.41) is 4.70. The van der Waals surface area contributed by atoms with Gasteiger partial charge in [0.2, 0.25) is 0 Å². The molecule has 0 radical (unpaired) electrons. The van der Waals surface area contributed by atoms with Crippen molar-refractivity contribution < 1.29 is 4.74 Å². The molecular formula is C18H15NOS. The Morgan fingerprint density at radius 3 is 2.71 bits per heavy atom. The Kier molecular flexibility index (Phi) is 2.93. The first-order chi connectivity index (χ1) is 10.4. The summed E-state index contributed by atoms with van der Waals surface area (Å²) >= 11 is 1.73. The molecule has 2 aromatic heterocycles. The predicted octanol–water partition coefficient (Wildman–Crippen LogP) is 4.91. The van der Waals surface area contributed by atoms with Gasteiger partial charge in [-0.15, -0.1) is 11.3 Å². The molecule has 0 saturated carbocycles. The Labute approximate surface area is 127 Å². The number of aromatic nitrogens is 1. The number of fused-ring (bicyclic) bond motifs is 3. The fourth-order valence-electron chi connectivity index (χ4n) is 2.84. The Hall–Kier alpha value is -2.26. The second-order valence-electron chi connectivity index (χ2n) is 5.10. The zero-order valence-electron chi connectivity index (χ0n) is 11.7. The molecule has 0 aliphatic heterocycles. The third-order valence-electron chi connectivity index (χ3n) is 3.87. The van der Waals surface area contributed by atoms with E-state index in [1.807, 2.05) is 0 Å². The summed E-state index contributed by atoms with van der Waals surface area (Å²) < 4.78 is 9.07. The number of rotatable bonds is 3. The van der Waals surface area contributed by atoms with Gasteiger partial charge in [-0.05, 0) is 23.1 Å². The topological polar surface area (TPSA) is 14.2 Å². The van der Waals surface area contributed by atoms with Gasteiger partial charge in [0.05, 0.1) is 17.3 Å². The van der Waals surface area contributed by atoms with Gasteiger partial charge < -0.3 is 9.30 Å². The maximum atomic E-state index is 5.57. The molecule has 2 aromatic carbocycles. The van der Waals surface area contributed by atoms with Crippen molar-refractivity contribution in [3.05, 3.63) is 65.7 Å². The number of hydrogen-bond donors (Lipinski definition) is 0. The molecule has 3 heteroatoms. The number of hydrogen-bond acceptors (Lipinski definition) is 2. The minimum absolute atomic E-state index is 0.878. The molecule has 0 N–H and O–H groups in total. The first-order valence-corrected chi connectivity index (χ1v) is 7.82. The third-order valence-corrected chi connectivity index (χ3v) is 4.80. The van der Waals surface area contributed by atoms with E-state index in [9.17, 15) is 0 Å². The maximum Gasteiger partial charge on any atom is 0.138 e. The molecule has 0 fully saturated rings. The van der Waals surface area contributed by atoms with Gasteiger partial charge in [0.1, 0.15) is 5.75 Å². The van der Waals surface area contributed by atoms with Crippen molar-refractivity contribution in [2.45, 2.75) is 6.54 Å². The van der Waals surface area contributed by atoms with Gasteiger partial charge in [-0.1, -0.05) is 30.3 Å². The van der Waals surface area contributed by atoms with Gasteiger partial charge in [-0.3, -0.25) is 0 Å². The van der Waals surface area contributed by atoms with Crippen molar-refractivity contribution in [2.24, 2.45) is 0 Å². The summed E-state index contributed by atoms with van der Waals surface area (Å²) in [6.45, 7) is 0.878. The highest BCUT2D eigenvalue weighted by Crippen LogP contribution is 2.37. The van der Waals surface area contributed by atoms with Crippen LogP contribution in [-0.2, 0) is 6.54 Å². The lowest BCUT2D eigenvalue weighted by molar-refractivity contribution is 0.421. The van der Waals surface area contributed by atoms with E-state index < -0.39 is 0 Å². The molecule has 0 atom stereocenters. The van der Waals surface area contributed by atoms with Crippen LogP contribution in [0.5, 0.6) is 5.75 Å².